The third kappa shape index (κ3) is 3.18. The van der Waals surface area contributed by atoms with Gasteiger partial charge in [-0.05, 0) is 30.9 Å². The number of piperidine rings is 1. The van der Waals surface area contributed by atoms with Gasteiger partial charge in [-0.3, -0.25) is 34.0 Å². The molecule has 0 saturated carbocycles. The van der Waals surface area contributed by atoms with E-state index in [0.717, 1.165) is 41.0 Å². The molecule has 5 rings (SSSR count). The molecule has 2 aromatic heterocycles. The lowest BCUT2D eigenvalue weighted by molar-refractivity contribution is -0.133. The number of likely N-dealkylation sites (tertiary alicyclic amines) is 1. The number of imide groups is 1. The fourth-order valence-corrected chi connectivity index (χ4v) is 7.21. The molecule has 0 aromatic carbocycles. The van der Waals surface area contributed by atoms with Crippen LogP contribution in [-0.4, -0.2) is 50.5 Å². The van der Waals surface area contributed by atoms with E-state index in [2.05, 4.69) is 10.3 Å². The maximum Gasteiger partial charge on any atom is 0.308 e. The van der Waals surface area contributed by atoms with Crippen LogP contribution in [0, 0.1) is 5.92 Å². The molecule has 2 saturated heterocycles. The second-order valence-electron chi connectivity index (χ2n) is 7.75. The van der Waals surface area contributed by atoms with Gasteiger partial charge in [-0.25, -0.2) is 0 Å². The number of nitrogens with one attached hydrogen (secondary N) is 1. The van der Waals surface area contributed by atoms with E-state index in [9.17, 15) is 19.2 Å². The molecule has 8 nitrogen and oxygen atoms in total. The first-order valence-corrected chi connectivity index (χ1v) is 11.7. The number of thiazole rings is 1. The van der Waals surface area contributed by atoms with Gasteiger partial charge in [-0.15, -0.1) is 0 Å². The lowest BCUT2D eigenvalue weighted by Crippen LogP contribution is -2.39. The highest BCUT2D eigenvalue weighted by Crippen LogP contribution is 2.51. The Labute approximate surface area is 180 Å². The molecule has 3 atom stereocenters. The number of rotatable bonds is 3. The molecule has 0 spiro atoms. The minimum atomic E-state index is -0.624. The minimum Gasteiger partial charge on any atom is -0.341 e. The molecule has 5 heterocycles. The second-order valence-corrected chi connectivity index (χ2v) is 9.87. The number of amides is 3. The van der Waals surface area contributed by atoms with E-state index in [1.54, 1.807) is 23.4 Å². The summed E-state index contributed by atoms with van der Waals surface area (Å²) >= 11 is 2.28. The second kappa shape index (κ2) is 7.66. The predicted octanol–water partition coefficient (Wildman–Crippen LogP) is 1.20. The van der Waals surface area contributed by atoms with Crippen LogP contribution in [0.15, 0.2) is 34.3 Å². The van der Waals surface area contributed by atoms with Crippen molar-refractivity contribution in [2.75, 3.05) is 13.1 Å². The van der Waals surface area contributed by atoms with Crippen LogP contribution in [-0.2, 0) is 20.9 Å². The van der Waals surface area contributed by atoms with Gasteiger partial charge in [-0.2, -0.15) is 0 Å². The first kappa shape index (κ1) is 19.5. The molecule has 0 radical (unpaired) electrons. The first-order chi connectivity index (χ1) is 14.5. The van der Waals surface area contributed by atoms with Gasteiger partial charge in [-0.1, -0.05) is 29.2 Å². The molecule has 156 valence electrons. The Bertz CT molecular complexity index is 1070. The Hall–Kier alpha value is -2.46. The van der Waals surface area contributed by atoms with E-state index >= 15 is 0 Å². The van der Waals surface area contributed by atoms with Gasteiger partial charge in [0.25, 0.3) is 0 Å². The highest BCUT2D eigenvalue weighted by molar-refractivity contribution is 8.00. The van der Waals surface area contributed by atoms with Gasteiger partial charge in [0.2, 0.25) is 17.7 Å². The summed E-state index contributed by atoms with van der Waals surface area (Å²) in [4.78, 5) is 57.2. The SMILES string of the molecule is O=C1NC(=O)C2C1Sc1c(sc(=O)n1CC(=O)N1CCCCC1)[C@H]2c1cccnc1. The van der Waals surface area contributed by atoms with Crippen molar-refractivity contribution in [2.45, 2.75) is 42.0 Å². The first-order valence-electron chi connectivity index (χ1n) is 9.97. The number of fused-ring (bicyclic) bond motifs is 2. The molecule has 3 aliphatic rings. The fraction of sp³-hybridized carbons (Fsp3) is 0.450. The number of carbonyl (C=O) groups is 3. The number of thioether (sulfide) groups is 1. The molecule has 1 N–H and O–H groups in total. The zero-order chi connectivity index (χ0) is 20.8. The normalized spacial score (nSPS) is 25.6. The van der Waals surface area contributed by atoms with E-state index in [-0.39, 0.29) is 29.1 Å². The van der Waals surface area contributed by atoms with E-state index in [4.69, 9.17) is 0 Å². The van der Waals surface area contributed by atoms with E-state index in [1.807, 2.05) is 6.07 Å². The van der Waals surface area contributed by atoms with Gasteiger partial charge < -0.3 is 4.90 Å². The van der Waals surface area contributed by atoms with Crippen LogP contribution in [0.2, 0.25) is 0 Å². The van der Waals surface area contributed by atoms with Crippen LogP contribution in [0.5, 0.6) is 0 Å². The van der Waals surface area contributed by atoms with E-state index in [1.165, 1.54) is 16.3 Å². The van der Waals surface area contributed by atoms with Crippen molar-refractivity contribution in [1.29, 1.82) is 0 Å². The summed E-state index contributed by atoms with van der Waals surface area (Å²) in [5.74, 6) is -1.78. The van der Waals surface area contributed by atoms with Crippen molar-refractivity contribution < 1.29 is 14.4 Å². The Morgan fingerprint density at radius 2 is 1.97 bits per heavy atom. The highest BCUT2D eigenvalue weighted by atomic mass is 32.2. The van der Waals surface area contributed by atoms with Crippen molar-refractivity contribution in [1.82, 2.24) is 19.8 Å². The third-order valence-electron chi connectivity index (χ3n) is 5.93. The van der Waals surface area contributed by atoms with Crippen molar-refractivity contribution in [2.24, 2.45) is 5.92 Å². The molecule has 10 heteroatoms. The van der Waals surface area contributed by atoms with Crippen LogP contribution in [0.4, 0.5) is 0 Å². The average Bonchev–Trinajstić information content (AvgIpc) is 3.23. The maximum absolute atomic E-state index is 12.9. The molecule has 2 fully saturated rings. The number of nitrogens with zero attached hydrogens (tertiary/aromatic N) is 3. The molecule has 0 aliphatic carbocycles. The molecule has 2 aromatic rings. The Morgan fingerprint density at radius 1 is 1.17 bits per heavy atom. The summed E-state index contributed by atoms with van der Waals surface area (Å²) in [5, 5.41) is 2.43. The van der Waals surface area contributed by atoms with Crippen molar-refractivity contribution >= 4 is 40.8 Å². The van der Waals surface area contributed by atoms with Crippen LogP contribution in [0.1, 0.15) is 35.6 Å². The number of pyridine rings is 1. The molecule has 2 unspecified atom stereocenters. The summed E-state index contributed by atoms with van der Waals surface area (Å²) < 4.78 is 1.48. The van der Waals surface area contributed by atoms with Crippen LogP contribution in [0.25, 0.3) is 0 Å². The van der Waals surface area contributed by atoms with Crippen LogP contribution in [0.3, 0.4) is 0 Å². The van der Waals surface area contributed by atoms with Crippen molar-refractivity contribution in [3.05, 3.63) is 44.6 Å². The molecule has 30 heavy (non-hydrogen) atoms. The highest BCUT2D eigenvalue weighted by Gasteiger charge is 2.52. The van der Waals surface area contributed by atoms with Crippen molar-refractivity contribution in [3.8, 4) is 0 Å². The molecular weight excluding hydrogens is 424 g/mol. The number of carbonyl (C=O) groups excluding carboxylic acids is 3. The summed E-state index contributed by atoms with van der Waals surface area (Å²) in [7, 11) is 0. The Kier molecular flexibility index (Phi) is 4.98. The zero-order valence-electron chi connectivity index (χ0n) is 16.1. The number of hydrogen-bond acceptors (Lipinski definition) is 7. The van der Waals surface area contributed by atoms with Crippen molar-refractivity contribution in [3.63, 3.8) is 0 Å². The van der Waals surface area contributed by atoms with E-state index < -0.39 is 17.1 Å². The number of aromatic nitrogens is 2. The Morgan fingerprint density at radius 3 is 2.70 bits per heavy atom. The summed E-state index contributed by atoms with van der Waals surface area (Å²) in [6.07, 6.45) is 6.39. The largest absolute Gasteiger partial charge is 0.341 e. The van der Waals surface area contributed by atoms with Gasteiger partial charge >= 0.3 is 4.87 Å². The lowest BCUT2D eigenvalue weighted by Gasteiger charge is -2.31. The van der Waals surface area contributed by atoms with Gasteiger partial charge in [0.1, 0.15) is 11.8 Å². The molecular formula is C20H20N4O4S2. The molecule has 3 amide bonds. The Balaban J connectivity index is 1.56. The summed E-state index contributed by atoms with van der Waals surface area (Å²) in [6.45, 7) is 1.39. The quantitative estimate of drug-likeness (QED) is 0.714. The average molecular weight is 445 g/mol. The minimum absolute atomic E-state index is 0.0373. The predicted molar refractivity (Wildman–Crippen MR) is 111 cm³/mol. The monoisotopic (exact) mass is 444 g/mol. The van der Waals surface area contributed by atoms with Gasteiger partial charge in [0, 0.05) is 36.3 Å². The smallest absolute Gasteiger partial charge is 0.308 e. The lowest BCUT2D eigenvalue weighted by atomic mass is 9.84. The zero-order valence-corrected chi connectivity index (χ0v) is 17.7. The summed E-state index contributed by atoms with van der Waals surface area (Å²) in [5.41, 5.74) is 0.787. The molecule has 3 aliphatic heterocycles. The third-order valence-corrected chi connectivity index (χ3v) is 8.55. The summed E-state index contributed by atoms with van der Waals surface area (Å²) in [6, 6.07) is 3.64. The van der Waals surface area contributed by atoms with Crippen LogP contribution >= 0.6 is 23.1 Å². The maximum atomic E-state index is 12.9. The van der Waals surface area contributed by atoms with Gasteiger partial charge in [0.15, 0.2) is 0 Å². The van der Waals surface area contributed by atoms with E-state index in [0.29, 0.717) is 18.1 Å². The van der Waals surface area contributed by atoms with Gasteiger partial charge in [0.05, 0.1) is 10.9 Å². The fourth-order valence-electron chi connectivity index (χ4n) is 4.47. The molecule has 0 bridgehead atoms. The topological polar surface area (TPSA) is 101 Å². The number of hydrogen-bond donors (Lipinski definition) is 1. The van der Waals surface area contributed by atoms with Crippen LogP contribution < -0.4 is 10.2 Å². The standard InChI is InChI=1S/C20H20N4O4S2/c25-12(23-7-2-1-3-8-23)10-24-19-16(30-20(24)28)13(11-5-4-6-21-9-11)14-15(29-19)18(27)22-17(14)26/h4-6,9,13-15H,1-3,7-8,10H2,(H,22,26,27)/t13-,14?,15?/m0/s1.